The van der Waals surface area contributed by atoms with Crippen molar-refractivity contribution in [3.05, 3.63) is 24.3 Å². The van der Waals surface area contributed by atoms with Crippen molar-refractivity contribution >= 4 is 39.8 Å². The average molecular weight is 393 g/mol. The molecule has 2 aromatic rings. The van der Waals surface area contributed by atoms with Crippen molar-refractivity contribution in [1.82, 2.24) is 10.2 Å². The molecular formula is C18H24N4O2S2. The molecule has 0 aliphatic heterocycles. The van der Waals surface area contributed by atoms with Gasteiger partial charge in [-0.25, -0.2) is 0 Å². The molecule has 1 aromatic carbocycles. The number of anilines is 2. The normalized spacial score (nSPS) is 14.8. The molecule has 0 spiro atoms. The standard InChI is InChI=1S/C18H24N4O2S2/c1-24-15-9-7-14(8-10-15)19-16(23)11-12-25-18-22-21-17(26-18)20-13-5-3-2-4-6-13/h7-10,13H,2-6,11-12H2,1H3,(H,19,23)(H,20,21). The topological polar surface area (TPSA) is 76.1 Å². The lowest BCUT2D eigenvalue weighted by atomic mass is 9.96. The SMILES string of the molecule is COc1ccc(NC(=O)CCSc2nnc(NC3CCCCC3)s2)cc1. The molecule has 8 heteroatoms. The zero-order valence-corrected chi connectivity index (χ0v) is 16.5. The average Bonchev–Trinajstić information content (AvgIpc) is 3.10. The van der Waals surface area contributed by atoms with Gasteiger partial charge < -0.3 is 15.4 Å². The summed E-state index contributed by atoms with van der Waals surface area (Å²) in [7, 11) is 1.62. The number of thioether (sulfide) groups is 1. The van der Waals surface area contributed by atoms with E-state index in [0.29, 0.717) is 18.2 Å². The van der Waals surface area contributed by atoms with Crippen molar-refractivity contribution < 1.29 is 9.53 Å². The molecule has 2 N–H and O–H groups in total. The Kier molecular flexibility index (Phi) is 7.13. The number of benzene rings is 1. The van der Waals surface area contributed by atoms with Gasteiger partial charge in [0, 0.05) is 23.9 Å². The lowest BCUT2D eigenvalue weighted by molar-refractivity contribution is -0.115. The van der Waals surface area contributed by atoms with Gasteiger partial charge in [0.2, 0.25) is 11.0 Å². The number of nitrogens with zero attached hydrogens (tertiary/aromatic N) is 2. The highest BCUT2D eigenvalue weighted by Gasteiger charge is 2.15. The van der Waals surface area contributed by atoms with Crippen LogP contribution in [0.15, 0.2) is 28.6 Å². The molecule has 26 heavy (non-hydrogen) atoms. The smallest absolute Gasteiger partial charge is 0.225 e. The Morgan fingerprint density at radius 3 is 2.73 bits per heavy atom. The number of rotatable bonds is 8. The molecule has 0 bridgehead atoms. The zero-order valence-electron chi connectivity index (χ0n) is 14.9. The van der Waals surface area contributed by atoms with Crippen molar-refractivity contribution in [2.75, 3.05) is 23.5 Å². The van der Waals surface area contributed by atoms with Crippen LogP contribution in [0, 0.1) is 0 Å². The van der Waals surface area contributed by atoms with E-state index in [1.165, 1.54) is 32.1 Å². The van der Waals surface area contributed by atoms with Crippen molar-refractivity contribution in [3.8, 4) is 5.75 Å². The van der Waals surface area contributed by atoms with Crippen LogP contribution in [0.1, 0.15) is 38.5 Å². The second kappa shape index (κ2) is 9.78. The van der Waals surface area contributed by atoms with Gasteiger partial charge in [0.15, 0.2) is 4.34 Å². The maximum atomic E-state index is 12.0. The Morgan fingerprint density at radius 2 is 2.00 bits per heavy atom. The molecule has 1 aliphatic rings. The Hall–Kier alpha value is -1.80. The summed E-state index contributed by atoms with van der Waals surface area (Å²) in [5.74, 6) is 1.44. The molecule has 0 radical (unpaired) electrons. The minimum atomic E-state index is -0.00673. The quantitative estimate of drug-likeness (QED) is 0.648. The van der Waals surface area contributed by atoms with Gasteiger partial charge in [0.25, 0.3) is 0 Å². The molecule has 0 unspecified atom stereocenters. The second-order valence-corrected chi connectivity index (χ2v) is 8.55. The third kappa shape index (κ3) is 5.88. The molecule has 1 saturated carbocycles. The second-order valence-electron chi connectivity index (χ2n) is 6.23. The largest absolute Gasteiger partial charge is 0.497 e. The summed E-state index contributed by atoms with van der Waals surface area (Å²) in [6.07, 6.45) is 6.79. The Balaban J connectivity index is 1.38. The highest BCUT2D eigenvalue weighted by Crippen LogP contribution is 2.28. The lowest BCUT2D eigenvalue weighted by Gasteiger charge is -2.21. The van der Waals surface area contributed by atoms with Crippen molar-refractivity contribution in [3.63, 3.8) is 0 Å². The summed E-state index contributed by atoms with van der Waals surface area (Å²) in [4.78, 5) is 12.0. The van der Waals surface area contributed by atoms with Crippen molar-refractivity contribution in [1.29, 1.82) is 0 Å². The van der Waals surface area contributed by atoms with Crippen LogP contribution in [0.3, 0.4) is 0 Å². The molecule has 3 rings (SSSR count). The number of hydrogen-bond donors (Lipinski definition) is 2. The van der Waals surface area contributed by atoms with Gasteiger partial charge in [0.1, 0.15) is 5.75 Å². The number of nitrogens with one attached hydrogen (secondary N) is 2. The van der Waals surface area contributed by atoms with E-state index in [1.807, 2.05) is 24.3 Å². The number of aromatic nitrogens is 2. The van der Waals surface area contributed by atoms with Crippen LogP contribution in [-0.2, 0) is 4.79 Å². The van der Waals surface area contributed by atoms with E-state index >= 15 is 0 Å². The number of ether oxygens (including phenoxy) is 1. The molecule has 1 amide bonds. The molecule has 0 atom stereocenters. The predicted molar refractivity (Wildman–Crippen MR) is 107 cm³/mol. The minimum absolute atomic E-state index is 0.00673. The lowest BCUT2D eigenvalue weighted by Crippen LogP contribution is -2.21. The van der Waals surface area contributed by atoms with Crippen LogP contribution in [-0.4, -0.2) is 35.0 Å². The summed E-state index contributed by atoms with van der Waals surface area (Å²) in [5, 5.41) is 15.7. The van der Waals surface area contributed by atoms with Gasteiger partial charge in [-0.2, -0.15) is 0 Å². The molecule has 1 aliphatic carbocycles. The zero-order chi connectivity index (χ0) is 18.2. The summed E-state index contributed by atoms with van der Waals surface area (Å²) >= 11 is 3.14. The van der Waals surface area contributed by atoms with Crippen molar-refractivity contribution in [2.45, 2.75) is 48.9 Å². The molecule has 140 valence electrons. The van der Waals surface area contributed by atoms with Gasteiger partial charge in [-0.15, -0.1) is 10.2 Å². The Bertz CT molecular complexity index is 699. The van der Waals surface area contributed by atoms with Gasteiger partial charge in [-0.3, -0.25) is 4.79 Å². The van der Waals surface area contributed by atoms with Gasteiger partial charge in [-0.1, -0.05) is 42.4 Å². The molecular weight excluding hydrogens is 368 g/mol. The number of methoxy groups -OCH3 is 1. The van der Waals surface area contributed by atoms with Crippen LogP contribution in [0.4, 0.5) is 10.8 Å². The first-order valence-corrected chi connectivity index (χ1v) is 10.7. The molecule has 0 saturated heterocycles. The number of carbonyl (C=O) groups excluding carboxylic acids is 1. The Morgan fingerprint density at radius 1 is 1.23 bits per heavy atom. The number of carbonyl (C=O) groups is 1. The summed E-state index contributed by atoms with van der Waals surface area (Å²) in [6, 6.07) is 7.85. The highest BCUT2D eigenvalue weighted by molar-refractivity contribution is 8.01. The fourth-order valence-electron chi connectivity index (χ4n) is 2.88. The van der Waals surface area contributed by atoms with Crippen molar-refractivity contribution in [2.24, 2.45) is 0 Å². The third-order valence-electron chi connectivity index (χ3n) is 4.27. The maximum absolute atomic E-state index is 12.0. The van der Waals surface area contributed by atoms with Gasteiger partial charge >= 0.3 is 0 Å². The van der Waals surface area contributed by atoms with Gasteiger partial charge in [-0.05, 0) is 37.1 Å². The van der Waals surface area contributed by atoms with Crippen LogP contribution >= 0.6 is 23.1 Å². The first-order chi connectivity index (χ1) is 12.7. The molecule has 1 aromatic heterocycles. The van der Waals surface area contributed by atoms with E-state index < -0.39 is 0 Å². The van der Waals surface area contributed by atoms with Crippen LogP contribution < -0.4 is 15.4 Å². The summed E-state index contributed by atoms with van der Waals surface area (Å²) in [6.45, 7) is 0. The van der Waals surface area contributed by atoms with E-state index in [4.69, 9.17) is 4.74 Å². The fourth-order valence-corrected chi connectivity index (χ4v) is 4.71. The maximum Gasteiger partial charge on any atom is 0.225 e. The van der Waals surface area contributed by atoms with Crippen LogP contribution in [0.2, 0.25) is 0 Å². The summed E-state index contributed by atoms with van der Waals surface area (Å²) in [5.41, 5.74) is 0.774. The fraction of sp³-hybridized carbons (Fsp3) is 0.500. The van der Waals surface area contributed by atoms with Crippen LogP contribution in [0.5, 0.6) is 5.75 Å². The summed E-state index contributed by atoms with van der Waals surface area (Å²) < 4.78 is 6.01. The highest BCUT2D eigenvalue weighted by atomic mass is 32.2. The van der Waals surface area contributed by atoms with Gasteiger partial charge in [0.05, 0.1) is 7.11 Å². The van der Waals surface area contributed by atoms with E-state index in [9.17, 15) is 4.79 Å². The predicted octanol–water partition coefficient (Wildman–Crippen LogP) is 4.41. The molecule has 1 heterocycles. The molecule has 1 fully saturated rings. The first-order valence-electron chi connectivity index (χ1n) is 8.89. The number of amides is 1. The Labute approximate surface area is 162 Å². The van der Waals surface area contributed by atoms with E-state index in [2.05, 4.69) is 20.8 Å². The molecule has 6 nitrogen and oxygen atoms in total. The monoisotopic (exact) mass is 392 g/mol. The third-order valence-corrected chi connectivity index (χ3v) is 6.26. The van der Waals surface area contributed by atoms with E-state index in [1.54, 1.807) is 30.2 Å². The number of hydrogen-bond acceptors (Lipinski definition) is 7. The first kappa shape index (κ1) is 19.0. The van der Waals surface area contributed by atoms with E-state index in [0.717, 1.165) is 20.9 Å². The minimum Gasteiger partial charge on any atom is -0.497 e. The van der Waals surface area contributed by atoms with Crippen LogP contribution in [0.25, 0.3) is 0 Å². The van der Waals surface area contributed by atoms with E-state index in [-0.39, 0.29) is 5.91 Å².